The quantitative estimate of drug-likeness (QED) is 0.525. The zero-order valence-corrected chi connectivity index (χ0v) is 17.1. The molecule has 0 aromatic heterocycles. The molecule has 1 atom stereocenters. The van der Waals surface area contributed by atoms with Gasteiger partial charge < -0.3 is 26.6 Å². The third kappa shape index (κ3) is 13.9. The van der Waals surface area contributed by atoms with Crippen LogP contribution < -0.4 is 0 Å². The van der Waals surface area contributed by atoms with Gasteiger partial charge in [-0.2, -0.15) is 64.9 Å². The Morgan fingerprint density at radius 3 is 1.84 bits per heavy atom. The molecule has 2 rings (SSSR count). The standard InChI is InChI=1S/C17H26N5.2ClH.Mn.4H2/c1-2-4-16(5-3-1)14-17-15-21-11-10-19-7-6-18-8-9-20-12-13-22-17;;;;;;;/h1-5,17H,6-15H2;2*1H;;4*1H/q-5;;;+2;;;;/p-2. The maximum atomic E-state index is 4.80. The van der Waals surface area contributed by atoms with Gasteiger partial charge in [-0.3, -0.25) is 0 Å². The largest absolute Gasteiger partial charge is 0.665 e. The molecule has 0 aliphatic carbocycles. The summed E-state index contributed by atoms with van der Waals surface area (Å²) >= 11 is 0.00694. The Kier molecular flexibility index (Phi) is 16.2. The average Bonchev–Trinajstić information content (AvgIpc) is 2.63. The van der Waals surface area contributed by atoms with Crippen LogP contribution in [0.25, 0.3) is 26.6 Å². The van der Waals surface area contributed by atoms with Crippen LogP contribution in [-0.2, 0) is 19.6 Å². The summed E-state index contributed by atoms with van der Waals surface area (Å²) in [5, 5.41) is 22.7. The monoisotopic (exact) mass is 433 g/mol. The van der Waals surface area contributed by atoms with Crippen molar-refractivity contribution in [1.82, 2.24) is 0 Å². The summed E-state index contributed by atoms with van der Waals surface area (Å²) in [6.07, 6.45) is 0.955. The molecule has 25 heavy (non-hydrogen) atoms. The van der Waals surface area contributed by atoms with Crippen molar-refractivity contribution < 1.29 is 18.8 Å². The van der Waals surface area contributed by atoms with Crippen LogP contribution in [0.15, 0.2) is 30.3 Å². The molecule has 0 amide bonds. The first kappa shape index (κ1) is 23.2. The molecule has 1 aliphatic heterocycles. The normalized spacial score (nSPS) is 21.3. The summed E-state index contributed by atoms with van der Waals surface area (Å²) in [6.45, 7) is 7.22. The smallest absolute Gasteiger partial charge is 0 e. The van der Waals surface area contributed by atoms with Gasteiger partial charge in [-0.25, -0.2) is 0 Å². The van der Waals surface area contributed by atoms with E-state index in [4.69, 9.17) is 25.5 Å². The fraction of sp³-hybridized carbons (Fsp3) is 0.647. The van der Waals surface area contributed by atoms with E-state index in [0.717, 1.165) is 65.3 Å². The number of rotatable bonds is 2. The Morgan fingerprint density at radius 1 is 0.800 bits per heavy atom. The van der Waals surface area contributed by atoms with E-state index in [1.807, 2.05) is 6.07 Å². The van der Waals surface area contributed by atoms with Crippen LogP contribution in [0.3, 0.4) is 0 Å². The fourth-order valence-corrected chi connectivity index (χ4v) is 2.38. The minimum atomic E-state index is 0. The van der Waals surface area contributed by atoms with Gasteiger partial charge in [0, 0.05) is 5.71 Å². The third-order valence-corrected chi connectivity index (χ3v) is 3.55. The van der Waals surface area contributed by atoms with Crippen molar-refractivity contribution in [3.05, 3.63) is 62.5 Å². The van der Waals surface area contributed by atoms with E-state index in [1.54, 1.807) is 0 Å². The molecule has 1 aliphatic rings. The molecular weight excluding hydrogens is 400 g/mol. The van der Waals surface area contributed by atoms with Gasteiger partial charge in [-0.1, -0.05) is 30.3 Å². The van der Waals surface area contributed by atoms with Gasteiger partial charge in [0.25, 0.3) is 0 Å². The van der Waals surface area contributed by atoms with E-state index in [-0.39, 0.29) is 24.9 Å². The van der Waals surface area contributed by atoms with Crippen molar-refractivity contribution in [1.29, 1.82) is 0 Å². The zero-order valence-electron chi connectivity index (χ0n) is 14.4. The van der Waals surface area contributed by atoms with Gasteiger partial charge in [-0.15, -0.1) is 0 Å². The number of nitrogens with zero attached hydrogens (tertiary/aromatic N) is 5. The number of halogens is 2. The Morgan fingerprint density at radius 2 is 1.28 bits per heavy atom. The second kappa shape index (κ2) is 17.5. The molecule has 0 spiro atoms. The SMILES string of the molecule is [Cl][Mn][Cl].[HH].[HH].[HH].[HH].c1ccc(CC2C[N-]CC[N-]CC[N-]CC[N-]CC[N-]2)cc1. The summed E-state index contributed by atoms with van der Waals surface area (Å²) < 4.78 is 0. The van der Waals surface area contributed by atoms with Crippen LogP contribution in [0.5, 0.6) is 0 Å². The van der Waals surface area contributed by atoms with Crippen molar-refractivity contribution in [2.24, 2.45) is 0 Å². The van der Waals surface area contributed by atoms with E-state index in [9.17, 15) is 0 Å². The first-order chi connectivity index (χ1) is 12.4. The van der Waals surface area contributed by atoms with Crippen LogP contribution >= 0.6 is 20.2 Å². The van der Waals surface area contributed by atoms with Crippen LogP contribution in [0, 0.1) is 0 Å². The molecule has 8 heteroatoms. The molecule has 5 nitrogen and oxygen atoms in total. The van der Waals surface area contributed by atoms with Crippen molar-refractivity contribution in [3.8, 4) is 0 Å². The average molecular weight is 434 g/mol. The Balaban J connectivity index is -0.000000420. The summed E-state index contributed by atoms with van der Waals surface area (Å²) in [4.78, 5) is 0. The molecular formula is C17H34Cl2MnN5-5. The van der Waals surface area contributed by atoms with Crippen LogP contribution in [0.1, 0.15) is 11.3 Å². The Bertz CT molecular complexity index is 401. The van der Waals surface area contributed by atoms with E-state index < -0.39 is 0 Å². The first-order valence-corrected chi connectivity index (χ1v) is 11.7. The van der Waals surface area contributed by atoms with Crippen molar-refractivity contribution in [2.45, 2.75) is 12.5 Å². The van der Waals surface area contributed by atoms with Crippen LogP contribution in [-0.4, -0.2) is 64.9 Å². The Hall–Kier alpha value is 0.119. The Labute approximate surface area is 172 Å². The van der Waals surface area contributed by atoms with Crippen LogP contribution in [0.4, 0.5) is 0 Å². The zero-order chi connectivity index (χ0) is 18.0. The van der Waals surface area contributed by atoms with Crippen molar-refractivity contribution in [2.75, 3.05) is 58.9 Å². The second-order valence-electron chi connectivity index (χ2n) is 5.45. The van der Waals surface area contributed by atoms with Gasteiger partial charge in [0.05, 0.1) is 0 Å². The van der Waals surface area contributed by atoms with E-state index in [1.165, 1.54) is 5.56 Å². The predicted molar refractivity (Wildman–Crippen MR) is 115 cm³/mol. The topological polar surface area (TPSA) is 70.5 Å². The van der Waals surface area contributed by atoms with E-state index in [0.29, 0.717) is 0 Å². The number of hydrogen-bond donors (Lipinski definition) is 0. The summed E-state index contributed by atoms with van der Waals surface area (Å²) in [7, 11) is 9.59. The molecule has 1 fully saturated rings. The first-order valence-electron chi connectivity index (χ1n) is 8.47. The molecule has 1 saturated heterocycles. The maximum Gasteiger partial charge on any atom is 0 e. The molecule has 1 aromatic rings. The van der Waals surface area contributed by atoms with Crippen molar-refractivity contribution >= 4 is 20.2 Å². The summed E-state index contributed by atoms with van der Waals surface area (Å²) in [6, 6.07) is 10.8. The van der Waals surface area contributed by atoms with Gasteiger partial charge in [-0.05, 0) is 12.0 Å². The summed E-state index contributed by atoms with van der Waals surface area (Å²) in [5.41, 5.74) is 1.32. The van der Waals surface area contributed by atoms with Gasteiger partial charge in [0.1, 0.15) is 0 Å². The minimum absolute atomic E-state index is 0. The number of benzene rings is 1. The molecule has 153 valence electrons. The molecule has 0 bridgehead atoms. The second-order valence-corrected chi connectivity index (χ2v) is 7.40. The molecule has 0 radical (unpaired) electrons. The minimum Gasteiger partial charge on any atom is -0.665 e. The number of hydrogen-bond acceptors (Lipinski definition) is 0. The van der Waals surface area contributed by atoms with Gasteiger partial charge in [0.2, 0.25) is 0 Å². The van der Waals surface area contributed by atoms with Gasteiger partial charge in [0.15, 0.2) is 0 Å². The molecule has 1 heterocycles. The molecule has 1 aromatic carbocycles. The fourth-order valence-electron chi connectivity index (χ4n) is 2.38. The van der Waals surface area contributed by atoms with E-state index in [2.05, 4.69) is 45.5 Å². The predicted octanol–water partition coefficient (Wildman–Crippen LogP) is 5.84. The molecule has 0 saturated carbocycles. The molecule has 0 N–H and O–H groups in total. The van der Waals surface area contributed by atoms with Crippen molar-refractivity contribution in [3.63, 3.8) is 0 Å². The maximum absolute atomic E-state index is 4.80. The molecule has 1 unspecified atom stereocenters. The summed E-state index contributed by atoms with van der Waals surface area (Å²) in [5.74, 6) is 0. The van der Waals surface area contributed by atoms with E-state index >= 15 is 0 Å². The third-order valence-electron chi connectivity index (χ3n) is 3.55. The van der Waals surface area contributed by atoms with Crippen LogP contribution in [0.2, 0.25) is 0 Å². The van der Waals surface area contributed by atoms with Gasteiger partial charge >= 0.3 is 33.3 Å².